The van der Waals surface area contributed by atoms with Crippen LogP contribution >= 0.6 is 0 Å². The zero-order chi connectivity index (χ0) is 12.5. The third-order valence-corrected chi connectivity index (χ3v) is 1.29. The van der Waals surface area contributed by atoms with Gasteiger partial charge in [-0.2, -0.15) is 0 Å². The predicted octanol–water partition coefficient (Wildman–Crippen LogP) is -3.08. The first kappa shape index (κ1) is 16.9. The fourth-order valence-electron chi connectivity index (χ4n) is 0.632. The molecular formula is C6H18N2O6Si. The number of aliphatic carboxylic acids is 1. The summed E-state index contributed by atoms with van der Waals surface area (Å²) >= 11 is 0. The average Bonchev–Trinajstić information content (AvgIpc) is 2.01. The summed E-state index contributed by atoms with van der Waals surface area (Å²) < 4.78 is 0. The molecule has 0 aromatic heterocycles. The van der Waals surface area contributed by atoms with Crippen LogP contribution in [0.5, 0.6) is 0 Å². The molecule has 0 amide bonds. The second-order valence-electron chi connectivity index (χ2n) is 2.83. The number of unbranched alkanes of at least 4 members (excludes halogenated alkanes) is 1. The highest BCUT2D eigenvalue weighted by atomic mass is 28.4. The summed E-state index contributed by atoms with van der Waals surface area (Å²) in [6.45, 7) is 0.604. The van der Waals surface area contributed by atoms with Gasteiger partial charge in [-0.15, -0.1) is 0 Å². The Bertz CT molecular complexity index is 167. The van der Waals surface area contributed by atoms with Crippen molar-refractivity contribution in [3.8, 4) is 0 Å². The second kappa shape index (κ2) is 8.73. The Morgan fingerprint density at radius 2 is 1.60 bits per heavy atom. The van der Waals surface area contributed by atoms with Gasteiger partial charge in [0, 0.05) is 0 Å². The molecule has 0 aliphatic carbocycles. The van der Waals surface area contributed by atoms with E-state index in [-0.39, 0.29) is 0 Å². The molecule has 0 heterocycles. The van der Waals surface area contributed by atoms with Gasteiger partial charge < -0.3 is 35.8 Å². The minimum absolute atomic E-state index is 0.520. The second-order valence-corrected chi connectivity index (χ2v) is 4.03. The Balaban J connectivity index is 0. The van der Waals surface area contributed by atoms with E-state index in [1.165, 1.54) is 0 Å². The van der Waals surface area contributed by atoms with Crippen LogP contribution in [0.3, 0.4) is 0 Å². The van der Waals surface area contributed by atoms with Gasteiger partial charge in [0.2, 0.25) is 0 Å². The molecule has 0 saturated carbocycles. The first-order valence-electron chi connectivity index (χ1n) is 4.26. The fourth-order valence-corrected chi connectivity index (χ4v) is 0.632. The molecule has 1 unspecified atom stereocenters. The molecule has 1 atom stereocenters. The zero-order valence-corrected chi connectivity index (χ0v) is 9.20. The summed E-state index contributed by atoms with van der Waals surface area (Å²) in [6, 6.07) is -0.716. The topological polar surface area (TPSA) is 170 Å². The lowest BCUT2D eigenvalue weighted by Crippen LogP contribution is -2.33. The van der Waals surface area contributed by atoms with Crippen LogP contribution in [-0.2, 0) is 4.79 Å². The molecule has 0 saturated heterocycles. The summed E-state index contributed by atoms with van der Waals surface area (Å²) in [5.74, 6) is -0.933. The highest BCUT2D eigenvalue weighted by molar-refractivity contribution is 6.46. The lowest BCUT2D eigenvalue weighted by Gasteiger charge is -2.03. The van der Waals surface area contributed by atoms with Crippen LogP contribution in [-0.4, -0.2) is 51.9 Å². The van der Waals surface area contributed by atoms with Gasteiger partial charge >= 0.3 is 15.0 Å². The summed E-state index contributed by atoms with van der Waals surface area (Å²) in [4.78, 5) is 39.4. The van der Waals surface area contributed by atoms with Crippen molar-refractivity contribution in [2.45, 2.75) is 25.3 Å². The molecule has 0 radical (unpaired) electrons. The smallest absolute Gasteiger partial charge is 0.480 e. The standard InChI is InChI=1S/C6H14N2O2.H4O4Si/c7-4-2-1-3-5(8)6(9)10;1-5(2,3)4/h5H,1-4,7-8H2,(H,9,10);1-4H. The van der Waals surface area contributed by atoms with Crippen molar-refractivity contribution in [1.29, 1.82) is 0 Å². The normalized spacial score (nSPS) is 12.7. The molecule has 0 aliphatic rings. The summed E-state index contributed by atoms with van der Waals surface area (Å²) in [5, 5.41) is 8.33. The van der Waals surface area contributed by atoms with Gasteiger partial charge in [-0.05, 0) is 19.4 Å². The van der Waals surface area contributed by atoms with Crippen LogP contribution < -0.4 is 11.5 Å². The number of carbonyl (C=O) groups is 1. The highest BCUT2D eigenvalue weighted by Crippen LogP contribution is 1.96. The number of hydrogen-bond donors (Lipinski definition) is 7. The number of hydrogen-bond acceptors (Lipinski definition) is 7. The Hall–Kier alpha value is -0.553. The van der Waals surface area contributed by atoms with Crippen molar-refractivity contribution >= 4 is 15.0 Å². The maximum absolute atomic E-state index is 10.1. The molecular weight excluding hydrogens is 224 g/mol. The van der Waals surface area contributed by atoms with Gasteiger partial charge in [0.05, 0.1) is 0 Å². The molecule has 8 nitrogen and oxygen atoms in total. The van der Waals surface area contributed by atoms with E-state index in [0.29, 0.717) is 13.0 Å². The van der Waals surface area contributed by atoms with Crippen molar-refractivity contribution in [1.82, 2.24) is 0 Å². The first-order valence-corrected chi connectivity index (χ1v) is 6.05. The lowest BCUT2D eigenvalue weighted by atomic mass is 10.1. The molecule has 9 N–H and O–H groups in total. The van der Waals surface area contributed by atoms with Gasteiger partial charge in [-0.25, -0.2) is 0 Å². The Labute approximate surface area is 88.3 Å². The first-order chi connectivity index (χ1) is 6.68. The summed E-state index contributed by atoms with van der Waals surface area (Å²) in [5.41, 5.74) is 10.4. The van der Waals surface area contributed by atoms with Crippen molar-refractivity contribution < 1.29 is 29.1 Å². The minimum atomic E-state index is -4.61. The van der Waals surface area contributed by atoms with Crippen LogP contribution in [0.25, 0.3) is 0 Å². The highest BCUT2D eigenvalue weighted by Gasteiger charge is 2.22. The summed E-state index contributed by atoms with van der Waals surface area (Å²) in [6.07, 6.45) is 2.16. The molecule has 15 heavy (non-hydrogen) atoms. The Kier molecular flexibility index (Phi) is 9.81. The van der Waals surface area contributed by atoms with E-state index >= 15 is 0 Å². The molecule has 0 aromatic rings. The van der Waals surface area contributed by atoms with Crippen LogP contribution in [0.2, 0.25) is 0 Å². The fraction of sp³-hybridized carbons (Fsp3) is 0.833. The van der Waals surface area contributed by atoms with Crippen molar-refractivity contribution in [3.05, 3.63) is 0 Å². The van der Waals surface area contributed by atoms with E-state index in [2.05, 4.69) is 0 Å². The maximum Gasteiger partial charge on any atom is 0.668 e. The van der Waals surface area contributed by atoms with Crippen LogP contribution in [0.4, 0.5) is 0 Å². The Morgan fingerprint density at radius 3 is 1.87 bits per heavy atom. The minimum Gasteiger partial charge on any atom is -0.480 e. The quantitative estimate of drug-likeness (QED) is 0.196. The Morgan fingerprint density at radius 1 is 1.20 bits per heavy atom. The SMILES string of the molecule is NCCCCC(N)C(=O)O.O[Si](O)(O)O. The van der Waals surface area contributed by atoms with Crippen molar-refractivity contribution in [2.24, 2.45) is 11.5 Å². The van der Waals surface area contributed by atoms with Crippen molar-refractivity contribution in [3.63, 3.8) is 0 Å². The van der Waals surface area contributed by atoms with E-state index in [0.717, 1.165) is 12.8 Å². The number of carboxylic acids is 1. The molecule has 0 fully saturated rings. The van der Waals surface area contributed by atoms with E-state index in [9.17, 15) is 4.79 Å². The van der Waals surface area contributed by atoms with Crippen LogP contribution in [0.1, 0.15) is 19.3 Å². The van der Waals surface area contributed by atoms with Gasteiger partial charge in [-0.1, -0.05) is 6.42 Å². The molecule has 92 valence electrons. The van der Waals surface area contributed by atoms with Crippen LogP contribution in [0, 0.1) is 0 Å². The van der Waals surface area contributed by atoms with E-state index < -0.39 is 21.1 Å². The molecule has 0 rings (SSSR count). The van der Waals surface area contributed by atoms with Gasteiger partial charge in [0.1, 0.15) is 6.04 Å². The number of carboxylic acid groups (broad SMARTS) is 1. The monoisotopic (exact) mass is 242 g/mol. The molecule has 0 aliphatic heterocycles. The van der Waals surface area contributed by atoms with Crippen molar-refractivity contribution in [2.75, 3.05) is 6.54 Å². The molecule has 0 bridgehead atoms. The van der Waals surface area contributed by atoms with E-state index in [4.69, 9.17) is 35.8 Å². The third kappa shape index (κ3) is 24.7. The number of nitrogens with two attached hydrogens (primary N) is 2. The molecule has 0 spiro atoms. The number of rotatable bonds is 5. The van der Waals surface area contributed by atoms with Gasteiger partial charge in [0.25, 0.3) is 0 Å². The zero-order valence-electron chi connectivity index (χ0n) is 8.20. The van der Waals surface area contributed by atoms with E-state index in [1.807, 2.05) is 0 Å². The van der Waals surface area contributed by atoms with E-state index in [1.54, 1.807) is 0 Å². The lowest BCUT2D eigenvalue weighted by molar-refractivity contribution is -0.138. The predicted molar refractivity (Wildman–Crippen MR) is 53.1 cm³/mol. The average molecular weight is 242 g/mol. The molecule has 0 aromatic carbocycles. The third-order valence-electron chi connectivity index (χ3n) is 1.29. The van der Waals surface area contributed by atoms with Gasteiger partial charge in [0.15, 0.2) is 0 Å². The summed E-state index contributed by atoms with van der Waals surface area (Å²) in [7, 11) is -4.61. The largest absolute Gasteiger partial charge is 0.668 e. The molecule has 9 heteroatoms. The van der Waals surface area contributed by atoms with Gasteiger partial charge in [-0.3, -0.25) is 4.79 Å². The van der Waals surface area contributed by atoms with Crippen LogP contribution in [0.15, 0.2) is 0 Å². The maximum atomic E-state index is 10.1.